The van der Waals surface area contributed by atoms with Gasteiger partial charge in [0.25, 0.3) is 0 Å². The summed E-state index contributed by atoms with van der Waals surface area (Å²) >= 11 is 0. The lowest BCUT2D eigenvalue weighted by atomic mass is 10.1. The Bertz CT molecular complexity index is 608. The molecule has 2 aromatic rings. The first-order valence-electron chi connectivity index (χ1n) is 7.57. The number of hydrogen-bond acceptors (Lipinski definition) is 2. The summed E-state index contributed by atoms with van der Waals surface area (Å²) < 4.78 is 13.0. The van der Waals surface area contributed by atoms with Crippen molar-refractivity contribution in [2.75, 3.05) is 0 Å². The van der Waals surface area contributed by atoms with Crippen molar-refractivity contribution in [3.05, 3.63) is 66.2 Å². The first kappa shape index (κ1) is 17.1. The summed E-state index contributed by atoms with van der Waals surface area (Å²) in [5, 5.41) is 10.5. The van der Waals surface area contributed by atoms with Crippen LogP contribution in [0.4, 0.5) is 0 Å². The zero-order chi connectivity index (χ0) is 16.2. The highest BCUT2D eigenvalue weighted by Crippen LogP contribution is 2.30. The fraction of sp³-hybridized carbons (Fsp3) is 0.333. The van der Waals surface area contributed by atoms with Gasteiger partial charge in [-0.25, -0.2) is 0 Å². The zero-order valence-corrected chi connectivity index (χ0v) is 15.2. The van der Waals surface area contributed by atoms with Crippen LogP contribution in [0.2, 0.25) is 25.7 Å². The van der Waals surface area contributed by atoms with Gasteiger partial charge in [-0.3, -0.25) is 4.21 Å². The fourth-order valence-electron chi connectivity index (χ4n) is 2.50. The lowest BCUT2D eigenvalue weighted by Crippen LogP contribution is -2.33. The van der Waals surface area contributed by atoms with Crippen molar-refractivity contribution >= 4 is 18.9 Å². The minimum absolute atomic E-state index is 0.267. The minimum atomic E-state index is -1.46. The van der Waals surface area contributed by atoms with Crippen molar-refractivity contribution in [2.24, 2.45) is 0 Å². The van der Waals surface area contributed by atoms with Crippen LogP contribution in [0, 0.1) is 0 Å². The Balaban J connectivity index is 2.32. The second-order valence-electron chi connectivity index (χ2n) is 6.77. The maximum absolute atomic E-state index is 13.0. The second-order valence-corrected chi connectivity index (χ2v) is 14.0. The molecule has 118 valence electrons. The molecule has 1 unspecified atom stereocenters. The van der Waals surface area contributed by atoms with Crippen LogP contribution in [0.3, 0.4) is 0 Å². The van der Waals surface area contributed by atoms with Crippen LogP contribution in [0.25, 0.3) is 0 Å². The third kappa shape index (κ3) is 4.63. The van der Waals surface area contributed by atoms with Crippen LogP contribution >= 0.6 is 0 Å². The maximum Gasteiger partial charge on any atom is 0.0934 e. The molecule has 0 amide bonds. The molecule has 2 nitrogen and oxygen atoms in total. The van der Waals surface area contributed by atoms with E-state index in [1.807, 2.05) is 60.7 Å². The topological polar surface area (TPSA) is 37.3 Å². The SMILES string of the molecule is C[Si](C)(C)C[C@@H]([C@H](O)c1ccccc1)S(=O)c1ccccc1. The normalized spacial score (nSPS) is 16.0. The summed E-state index contributed by atoms with van der Waals surface area (Å²) in [6.07, 6.45) is -0.700. The monoisotopic (exact) mass is 332 g/mol. The molecule has 2 rings (SSSR count). The molecule has 0 aliphatic heterocycles. The molecule has 4 heteroatoms. The number of rotatable bonds is 6. The van der Waals surface area contributed by atoms with Crippen LogP contribution in [0.5, 0.6) is 0 Å². The average Bonchev–Trinajstić information content (AvgIpc) is 2.52. The summed E-state index contributed by atoms with van der Waals surface area (Å²) in [6, 6.07) is 19.9. The van der Waals surface area contributed by atoms with E-state index >= 15 is 0 Å². The molecule has 0 fully saturated rings. The predicted octanol–water partition coefficient (Wildman–Crippen LogP) is 4.23. The molecule has 0 spiro atoms. The van der Waals surface area contributed by atoms with Gasteiger partial charge >= 0.3 is 0 Å². The van der Waals surface area contributed by atoms with E-state index in [9.17, 15) is 9.32 Å². The largest absolute Gasteiger partial charge is 0.387 e. The van der Waals surface area contributed by atoms with E-state index in [1.165, 1.54) is 0 Å². The Morgan fingerprint density at radius 3 is 1.95 bits per heavy atom. The molecule has 0 radical (unpaired) electrons. The Hall–Kier alpha value is -1.23. The van der Waals surface area contributed by atoms with E-state index in [0.29, 0.717) is 0 Å². The van der Waals surface area contributed by atoms with Crippen LogP contribution in [-0.2, 0) is 10.8 Å². The minimum Gasteiger partial charge on any atom is -0.387 e. The lowest BCUT2D eigenvalue weighted by molar-refractivity contribution is 0.177. The van der Waals surface area contributed by atoms with Gasteiger partial charge in [-0.2, -0.15) is 0 Å². The van der Waals surface area contributed by atoms with Gasteiger partial charge in [0.05, 0.1) is 22.2 Å². The molecule has 1 N–H and O–H groups in total. The average molecular weight is 333 g/mol. The first-order valence-corrected chi connectivity index (χ1v) is 12.5. The smallest absolute Gasteiger partial charge is 0.0934 e. The summed E-state index contributed by atoms with van der Waals surface area (Å²) in [5.74, 6) is 0. The van der Waals surface area contributed by atoms with Gasteiger partial charge in [-0.1, -0.05) is 68.2 Å². The van der Waals surface area contributed by atoms with Crippen LogP contribution < -0.4 is 0 Å². The number of aliphatic hydroxyl groups excluding tert-OH is 1. The van der Waals surface area contributed by atoms with Gasteiger partial charge in [-0.15, -0.1) is 0 Å². The van der Waals surface area contributed by atoms with Gasteiger partial charge in [0, 0.05) is 13.0 Å². The molecule has 22 heavy (non-hydrogen) atoms. The third-order valence-corrected chi connectivity index (χ3v) is 7.23. The molecule has 3 atom stereocenters. The third-order valence-electron chi connectivity index (χ3n) is 3.56. The Morgan fingerprint density at radius 1 is 0.955 bits per heavy atom. The van der Waals surface area contributed by atoms with Crippen molar-refractivity contribution in [3.63, 3.8) is 0 Å². The molecule has 0 bridgehead atoms. The van der Waals surface area contributed by atoms with E-state index in [-0.39, 0.29) is 5.25 Å². The number of aliphatic hydroxyl groups is 1. The second kappa shape index (κ2) is 7.35. The Morgan fingerprint density at radius 2 is 1.45 bits per heavy atom. The molecule has 0 aliphatic carbocycles. The van der Waals surface area contributed by atoms with Crippen molar-refractivity contribution in [3.8, 4) is 0 Å². The van der Waals surface area contributed by atoms with E-state index in [4.69, 9.17) is 0 Å². The maximum atomic E-state index is 13.0. The summed E-state index contributed by atoms with van der Waals surface area (Å²) in [7, 11) is -2.68. The van der Waals surface area contributed by atoms with Gasteiger partial charge in [-0.05, 0) is 23.7 Å². The lowest BCUT2D eigenvalue weighted by Gasteiger charge is -2.28. The van der Waals surface area contributed by atoms with Crippen molar-refractivity contribution in [2.45, 2.75) is 41.9 Å². The van der Waals surface area contributed by atoms with Crippen LogP contribution in [-0.4, -0.2) is 22.6 Å². The highest BCUT2D eigenvalue weighted by atomic mass is 32.2. The van der Waals surface area contributed by atoms with Gasteiger partial charge in [0.15, 0.2) is 0 Å². The number of hydrogen-bond donors (Lipinski definition) is 1. The Labute approximate surface area is 136 Å². The molecule has 0 aliphatic rings. The van der Waals surface area contributed by atoms with Crippen molar-refractivity contribution in [1.82, 2.24) is 0 Å². The number of benzene rings is 2. The van der Waals surface area contributed by atoms with E-state index in [1.54, 1.807) is 0 Å². The highest BCUT2D eigenvalue weighted by Gasteiger charge is 2.32. The molecule has 0 saturated carbocycles. The van der Waals surface area contributed by atoms with Gasteiger partial charge < -0.3 is 5.11 Å². The first-order chi connectivity index (χ1) is 10.4. The standard InChI is InChI=1S/C18H24O2SSi/c1-22(2,3)14-17(18(19)15-10-6-4-7-11-15)21(20)16-12-8-5-9-13-16/h4-13,17-19H,14H2,1-3H3/t17-,18+,21?/m0/s1. The van der Waals surface area contributed by atoms with Crippen LogP contribution in [0.1, 0.15) is 11.7 Å². The molecule has 0 heterocycles. The van der Waals surface area contributed by atoms with Gasteiger partial charge in [0.2, 0.25) is 0 Å². The summed E-state index contributed by atoms with van der Waals surface area (Å²) in [6.45, 7) is 6.75. The van der Waals surface area contributed by atoms with E-state index in [2.05, 4.69) is 19.6 Å². The van der Waals surface area contributed by atoms with E-state index in [0.717, 1.165) is 16.5 Å². The molecule has 0 aromatic heterocycles. The molecular formula is C18H24O2SSi. The summed E-state index contributed by atoms with van der Waals surface area (Å²) in [5.41, 5.74) is 0.843. The van der Waals surface area contributed by atoms with Gasteiger partial charge in [0.1, 0.15) is 0 Å². The molecule has 2 aromatic carbocycles. The van der Waals surface area contributed by atoms with E-state index < -0.39 is 25.0 Å². The fourth-order valence-corrected chi connectivity index (χ4v) is 7.20. The van der Waals surface area contributed by atoms with Crippen LogP contribution in [0.15, 0.2) is 65.6 Å². The quantitative estimate of drug-likeness (QED) is 0.804. The summed E-state index contributed by atoms with van der Waals surface area (Å²) in [4.78, 5) is 0.792. The Kier molecular flexibility index (Phi) is 5.73. The predicted molar refractivity (Wildman–Crippen MR) is 96.2 cm³/mol. The zero-order valence-electron chi connectivity index (χ0n) is 13.4. The van der Waals surface area contributed by atoms with Crippen molar-refractivity contribution in [1.29, 1.82) is 0 Å². The molecule has 0 saturated heterocycles. The highest BCUT2D eigenvalue weighted by molar-refractivity contribution is 7.85. The molecular weight excluding hydrogens is 308 g/mol. The van der Waals surface area contributed by atoms with Crippen molar-refractivity contribution < 1.29 is 9.32 Å².